The van der Waals surface area contributed by atoms with Crippen LogP contribution in [0.2, 0.25) is 0 Å². The van der Waals surface area contributed by atoms with Gasteiger partial charge in [0.25, 0.3) is 0 Å². The molecule has 1 aromatic carbocycles. The Morgan fingerprint density at radius 1 is 1.47 bits per heavy atom. The number of ether oxygens (including phenoxy) is 1. The van der Waals surface area contributed by atoms with Crippen molar-refractivity contribution < 1.29 is 13.2 Å². The largest absolute Gasteiger partial charge is 0.396 e. The molecule has 1 saturated heterocycles. The van der Waals surface area contributed by atoms with Crippen molar-refractivity contribution in [1.82, 2.24) is 0 Å². The van der Waals surface area contributed by atoms with Gasteiger partial charge in [0.15, 0.2) is 9.84 Å². The Balaban J connectivity index is 2.08. The maximum Gasteiger partial charge on any atom is 0.177 e. The number of nitrogens with one attached hydrogen (secondary N) is 1. The van der Waals surface area contributed by atoms with Gasteiger partial charge < -0.3 is 15.8 Å². The monoisotopic (exact) mass is 284 g/mol. The molecule has 0 bridgehead atoms. The van der Waals surface area contributed by atoms with E-state index in [-0.39, 0.29) is 4.90 Å². The standard InChI is InChI=1S/C13H20N2O3S/c1-19(16,17)12-6-2-5-11(13(12)14)15-8-10-4-3-7-18-9-10/h2,5-6,10,15H,3-4,7-9,14H2,1H3. The summed E-state index contributed by atoms with van der Waals surface area (Å²) in [7, 11) is -3.29. The molecule has 0 radical (unpaired) electrons. The van der Waals surface area contributed by atoms with E-state index in [2.05, 4.69) is 5.32 Å². The van der Waals surface area contributed by atoms with E-state index in [0.29, 0.717) is 17.3 Å². The third kappa shape index (κ3) is 3.61. The molecule has 0 saturated carbocycles. The molecule has 1 aromatic rings. The summed E-state index contributed by atoms with van der Waals surface area (Å²) in [6.07, 6.45) is 3.36. The average molecular weight is 284 g/mol. The molecule has 0 spiro atoms. The highest BCUT2D eigenvalue weighted by Gasteiger charge is 2.16. The fraction of sp³-hybridized carbons (Fsp3) is 0.538. The Kier molecular flexibility index (Phi) is 4.31. The fourth-order valence-electron chi connectivity index (χ4n) is 2.24. The highest BCUT2D eigenvalue weighted by molar-refractivity contribution is 7.90. The van der Waals surface area contributed by atoms with Crippen molar-refractivity contribution in [3.8, 4) is 0 Å². The van der Waals surface area contributed by atoms with Gasteiger partial charge in [-0.15, -0.1) is 0 Å². The number of hydrogen-bond acceptors (Lipinski definition) is 5. The van der Waals surface area contributed by atoms with E-state index in [1.54, 1.807) is 12.1 Å². The molecule has 0 amide bonds. The third-order valence-electron chi connectivity index (χ3n) is 3.30. The lowest BCUT2D eigenvalue weighted by atomic mass is 10.0. The van der Waals surface area contributed by atoms with Crippen molar-refractivity contribution >= 4 is 21.2 Å². The van der Waals surface area contributed by atoms with E-state index in [1.807, 2.05) is 0 Å². The summed E-state index contributed by atoms with van der Waals surface area (Å²) in [6, 6.07) is 5.03. The van der Waals surface area contributed by atoms with E-state index in [9.17, 15) is 8.42 Å². The molecule has 1 unspecified atom stereocenters. The van der Waals surface area contributed by atoms with Gasteiger partial charge in [-0.3, -0.25) is 0 Å². The predicted octanol–water partition coefficient (Wildman–Crippen LogP) is 1.51. The number of para-hydroxylation sites is 1. The van der Waals surface area contributed by atoms with E-state index < -0.39 is 9.84 Å². The first-order valence-corrected chi connectivity index (χ1v) is 8.28. The van der Waals surface area contributed by atoms with E-state index in [0.717, 1.165) is 38.9 Å². The number of nitrogens with two attached hydrogens (primary N) is 1. The van der Waals surface area contributed by atoms with E-state index >= 15 is 0 Å². The minimum atomic E-state index is -3.29. The Morgan fingerprint density at radius 2 is 2.26 bits per heavy atom. The minimum Gasteiger partial charge on any atom is -0.396 e. The summed E-state index contributed by atoms with van der Waals surface area (Å²) in [6.45, 7) is 2.33. The molecular weight excluding hydrogens is 264 g/mol. The molecule has 1 fully saturated rings. The van der Waals surface area contributed by atoms with Gasteiger partial charge in [0.2, 0.25) is 0 Å². The van der Waals surface area contributed by atoms with Gasteiger partial charge in [0, 0.05) is 19.4 Å². The highest BCUT2D eigenvalue weighted by Crippen LogP contribution is 2.27. The number of rotatable bonds is 4. The van der Waals surface area contributed by atoms with Crippen LogP contribution < -0.4 is 11.1 Å². The topological polar surface area (TPSA) is 81.4 Å². The van der Waals surface area contributed by atoms with Gasteiger partial charge in [-0.25, -0.2) is 8.42 Å². The van der Waals surface area contributed by atoms with Crippen LogP contribution in [0.1, 0.15) is 12.8 Å². The fourth-order valence-corrected chi connectivity index (χ4v) is 3.08. The van der Waals surface area contributed by atoms with Crippen molar-refractivity contribution in [3.05, 3.63) is 18.2 Å². The number of sulfone groups is 1. The van der Waals surface area contributed by atoms with Crippen LogP contribution in [-0.4, -0.2) is 34.4 Å². The number of benzene rings is 1. The summed E-state index contributed by atoms with van der Waals surface area (Å²) in [5, 5.41) is 3.23. The summed E-state index contributed by atoms with van der Waals surface area (Å²) in [4.78, 5) is 0.178. The summed E-state index contributed by atoms with van der Waals surface area (Å²) < 4.78 is 28.6. The van der Waals surface area contributed by atoms with Gasteiger partial charge in [0.1, 0.15) is 0 Å². The summed E-state index contributed by atoms with van der Waals surface area (Å²) in [5.41, 5.74) is 6.88. The van der Waals surface area contributed by atoms with Crippen LogP contribution in [0.3, 0.4) is 0 Å². The zero-order valence-electron chi connectivity index (χ0n) is 11.1. The summed E-state index contributed by atoms with van der Waals surface area (Å²) >= 11 is 0. The first-order chi connectivity index (χ1) is 8.98. The zero-order valence-corrected chi connectivity index (χ0v) is 11.9. The molecule has 0 aliphatic carbocycles. The molecule has 19 heavy (non-hydrogen) atoms. The van der Waals surface area contributed by atoms with Crippen LogP contribution in [0.4, 0.5) is 11.4 Å². The van der Waals surface area contributed by atoms with Crippen LogP contribution in [0, 0.1) is 5.92 Å². The van der Waals surface area contributed by atoms with Gasteiger partial charge in [-0.1, -0.05) is 6.07 Å². The predicted molar refractivity (Wildman–Crippen MR) is 76.0 cm³/mol. The molecule has 106 valence electrons. The molecule has 1 heterocycles. The molecule has 6 heteroatoms. The van der Waals surface area contributed by atoms with Crippen molar-refractivity contribution in [2.75, 3.05) is 37.1 Å². The second-order valence-corrected chi connectivity index (χ2v) is 6.94. The zero-order chi connectivity index (χ0) is 13.9. The smallest absolute Gasteiger partial charge is 0.177 e. The van der Waals surface area contributed by atoms with Gasteiger partial charge in [-0.2, -0.15) is 0 Å². The molecule has 1 atom stereocenters. The van der Waals surface area contributed by atoms with Crippen LogP contribution >= 0.6 is 0 Å². The Labute approximate surface area is 114 Å². The molecule has 3 N–H and O–H groups in total. The third-order valence-corrected chi connectivity index (χ3v) is 4.46. The lowest BCUT2D eigenvalue weighted by Crippen LogP contribution is -2.24. The normalized spacial score (nSPS) is 20.2. The molecule has 0 aromatic heterocycles. The van der Waals surface area contributed by atoms with E-state index in [1.165, 1.54) is 6.07 Å². The van der Waals surface area contributed by atoms with Crippen LogP contribution in [0.5, 0.6) is 0 Å². The van der Waals surface area contributed by atoms with Crippen LogP contribution in [0.15, 0.2) is 23.1 Å². The SMILES string of the molecule is CS(=O)(=O)c1cccc(NCC2CCCOC2)c1N. The second-order valence-electron chi connectivity index (χ2n) is 4.95. The molecule has 5 nitrogen and oxygen atoms in total. The first kappa shape index (κ1) is 14.1. The van der Waals surface area contributed by atoms with Crippen molar-refractivity contribution in [2.24, 2.45) is 5.92 Å². The lowest BCUT2D eigenvalue weighted by molar-refractivity contribution is 0.0595. The lowest BCUT2D eigenvalue weighted by Gasteiger charge is -2.23. The van der Waals surface area contributed by atoms with Crippen LogP contribution in [-0.2, 0) is 14.6 Å². The Morgan fingerprint density at radius 3 is 2.89 bits per heavy atom. The van der Waals surface area contributed by atoms with Gasteiger partial charge in [-0.05, 0) is 30.9 Å². The molecule has 1 aliphatic rings. The Bertz CT molecular complexity index is 537. The Hall–Kier alpha value is -1.27. The highest BCUT2D eigenvalue weighted by atomic mass is 32.2. The number of anilines is 2. The maximum atomic E-state index is 11.6. The van der Waals surface area contributed by atoms with Gasteiger partial charge in [0.05, 0.1) is 22.9 Å². The minimum absolute atomic E-state index is 0.178. The average Bonchev–Trinajstić information content (AvgIpc) is 2.37. The van der Waals surface area contributed by atoms with E-state index in [4.69, 9.17) is 10.5 Å². The maximum absolute atomic E-state index is 11.6. The second kappa shape index (κ2) is 5.79. The van der Waals surface area contributed by atoms with Crippen molar-refractivity contribution in [2.45, 2.75) is 17.7 Å². The van der Waals surface area contributed by atoms with Gasteiger partial charge >= 0.3 is 0 Å². The molecule has 1 aliphatic heterocycles. The summed E-state index contributed by atoms with van der Waals surface area (Å²) in [5.74, 6) is 0.454. The van der Waals surface area contributed by atoms with Crippen LogP contribution in [0.25, 0.3) is 0 Å². The quantitative estimate of drug-likeness (QED) is 0.819. The first-order valence-electron chi connectivity index (χ1n) is 6.38. The molecule has 2 rings (SSSR count). The van der Waals surface area contributed by atoms with Crippen molar-refractivity contribution in [1.29, 1.82) is 0 Å². The van der Waals surface area contributed by atoms with Crippen molar-refractivity contribution in [3.63, 3.8) is 0 Å². The number of hydrogen-bond donors (Lipinski definition) is 2. The number of nitrogen functional groups attached to an aromatic ring is 1. The molecular formula is C13H20N2O3S.